The van der Waals surface area contributed by atoms with E-state index in [1.54, 1.807) is 13.2 Å². The van der Waals surface area contributed by atoms with Gasteiger partial charge in [0.1, 0.15) is 11.6 Å². The van der Waals surface area contributed by atoms with E-state index in [9.17, 15) is 9.59 Å². The zero-order valence-electron chi connectivity index (χ0n) is 16.4. The first-order valence-corrected chi connectivity index (χ1v) is 9.79. The van der Waals surface area contributed by atoms with E-state index in [0.29, 0.717) is 42.7 Å². The maximum atomic E-state index is 12.6. The molecule has 2 heterocycles. The molecule has 0 bridgehead atoms. The molecule has 1 aromatic heterocycles. The fourth-order valence-corrected chi connectivity index (χ4v) is 3.66. The van der Waals surface area contributed by atoms with Gasteiger partial charge in [-0.15, -0.1) is 0 Å². The van der Waals surface area contributed by atoms with Crippen molar-refractivity contribution >= 4 is 22.5 Å². The van der Waals surface area contributed by atoms with E-state index in [2.05, 4.69) is 20.9 Å². The number of para-hydroxylation sites is 1. The summed E-state index contributed by atoms with van der Waals surface area (Å²) in [6, 6.07) is 15.2. The third kappa shape index (κ3) is 4.23. The average Bonchev–Trinajstić information content (AvgIpc) is 2.77. The zero-order chi connectivity index (χ0) is 20.2. The molecule has 0 saturated carbocycles. The monoisotopic (exact) mass is 392 g/mol. The number of nitrogens with zero attached hydrogens (tertiary/aromatic N) is 3. The molecule has 0 radical (unpaired) electrons. The fraction of sp³-hybridized carbons (Fsp3) is 0.318. The van der Waals surface area contributed by atoms with Crippen LogP contribution < -0.4 is 15.2 Å². The van der Waals surface area contributed by atoms with Gasteiger partial charge in [-0.05, 0) is 24.3 Å². The quantitative estimate of drug-likeness (QED) is 0.720. The Morgan fingerprint density at radius 3 is 2.69 bits per heavy atom. The Labute approximate surface area is 168 Å². The second-order valence-electron chi connectivity index (χ2n) is 7.10. The number of hydrogen-bond acceptors (Lipinski definition) is 5. The number of H-pyrrole nitrogens is 1. The Morgan fingerprint density at radius 2 is 1.90 bits per heavy atom. The van der Waals surface area contributed by atoms with Crippen LogP contribution in [0.15, 0.2) is 53.3 Å². The van der Waals surface area contributed by atoms with Crippen LogP contribution in [-0.4, -0.2) is 54.1 Å². The molecule has 0 unspecified atom stereocenters. The zero-order valence-corrected chi connectivity index (χ0v) is 16.4. The SMILES string of the molecule is COc1cccc(N2CCN(C(=O)CCc3nc4ccccc4c(=O)[nH]3)CC2)c1. The summed E-state index contributed by atoms with van der Waals surface area (Å²) in [7, 11) is 1.66. The van der Waals surface area contributed by atoms with Gasteiger partial charge in [-0.25, -0.2) is 4.98 Å². The van der Waals surface area contributed by atoms with E-state index >= 15 is 0 Å². The van der Waals surface area contributed by atoms with Gasteiger partial charge in [0, 0.05) is 50.8 Å². The number of anilines is 1. The summed E-state index contributed by atoms with van der Waals surface area (Å²) in [5, 5.41) is 0.566. The van der Waals surface area contributed by atoms with Crippen LogP contribution in [-0.2, 0) is 11.2 Å². The average molecular weight is 392 g/mol. The number of aromatic amines is 1. The number of ether oxygens (including phenoxy) is 1. The van der Waals surface area contributed by atoms with E-state index in [4.69, 9.17) is 4.74 Å². The lowest BCUT2D eigenvalue weighted by Crippen LogP contribution is -2.48. The molecule has 7 nitrogen and oxygen atoms in total. The van der Waals surface area contributed by atoms with Gasteiger partial charge in [-0.3, -0.25) is 9.59 Å². The lowest BCUT2D eigenvalue weighted by molar-refractivity contribution is -0.131. The number of methoxy groups -OCH3 is 1. The van der Waals surface area contributed by atoms with E-state index in [1.807, 2.05) is 41.3 Å². The van der Waals surface area contributed by atoms with Gasteiger partial charge in [0.25, 0.3) is 5.56 Å². The number of nitrogens with one attached hydrogen (secondary N) is 1. The van der Waals surface area contributed by atoms with Crippen molar-refractivity contribution in [2.24, 2.45) is 0 Å². The van der Waals surface area contributed by atoms with Crippen LogP contribution in [0.3, 0.4) is 0 Å². The van der Waals surface area contributed by atoms with Crippen LogP contribution >= 0.6 is 0 Å². The minimum Gasteiger partial charge on any atom is -0.497 e. The lowest BCUT2D eigenvalue weighted by atomic mass is 10.2. The molecule has 1 aliphatic rings. The molecule has 3 aromatic rings. The number of piperazine rings is 1. The van der Waals surface area contributed by atoms with Crippen molar-refractivity contribution in [2.75, 3.05) is 38.2 Å². The fourth-order valence-electron chi connectivity index (χ4n) is 3.66. The highest BCUT2D eigenvalue weighted by Gasteiger charge is 2.21. The van der Waals surface area contributed by atoms with Gasteiger partial charge in [-0.1, -0.05) is 18.2 Å². The number of rotatable bonds is 5. The van der Waals surface area contributed by atoms with E-state index in [0.717, 1.165) is 24.5 Å². The topological polar surface area (TPSA) is 78.5 Å². The molecule has 29 heavy (non-hydrogen) atoms. The van der Waals surface area contributed by atoms with Crippen LogP contribution in [0.2, 0.25) is 0 Å². The van der Waals surface area contributed by atoms with E-state index in [1.165, 1.54) is 0 Å². The number of carbonyl (C=O) groups excluding carboxylic acids is 1. The highest BCUT2D eigenvalue weighted by molar-refractivity contribution is 5.78. The van der Waals surface area contributed by atoms with Gasteiger partial charge in [-0.2, -0.15) is 0 Å². The van der Waals surface area contributed by atoms with Crippen molar-refractivity contribution in [3.63, 3.8) is 0 Å². The molecule has 1 amide bonds. The maximum Gasteiger partial charge on any atom is 0.258 e. The van der Waals surface area contributed by atoms with Crippen LogP contribution in [0.5, 0.6) is 5.75 Å². The molecule has 2 aromatic carbocycles. The summed E-state index contributed by atoms with van der Waals surface area (Å²) in [5.41, 5.74) is 1.60. The summed E-state index contributed by atoms with van der Waals surface area (Å²) >= 11 is 0. The Bertz CT molecular complexity index is 1070. The van der Waals surface area contributed by atoms with Gasteiger partial charge in [0.05, 0.1) is 18.0 Å². The molecular formula is C22H24N4O3. The van der Waals surface area contributed by atoms with Crippen molar-refractivity contribution in [2.45, 2.75) is 12.8 Å². The first kappa shape index (κ1) is 19.0. The summed E-state index contributed by atoms with van der Waals surface area (Å²) in [6.45, 7) is 2.92. The third-order valence-corrected chi connectivity index (χ3v) is 5.29. The van der Waals surface area contributed by atoms with Crippen molar-refractivity contribution in [1.29, 1.82) is 0 Å². The molecule has 0 spiro atoms. The van der Waals surface area contributed by atoms with Gasteiger partial charge >= 0.3 is 0 Å². The van der Waals surface area contributed by atoms with Crippen LogP contribution in [0.1, 0.15) is 12.2 Å². The molecule has 4 rings (SSSR count). The second-order valence-corrected chi connectivity index (χ2v) is 7.10. The Kier molecular flexibility index (Phi) is 5.46. The maximum absolute atomic E-state index is 12.6. The summed E-state index contributed by atoms with van der Waals surface area (Å²) in [6.07, 6.45) is 0.759. The van der Waals surface area contributed by atoms with Gasteiger partial charge < -0.3 is 19.5 Å². The van der Waals surface area contributed by atoms with Crippen LogP contribution in [0.25, 0.3) is 10.9 Å². The van der Waals surface area contributed by atoms with Gasteiger partial charge in [0.15, 0.2) is 0 Å². The summed E-state index contributed by atoms with van der Waals surface area (Å²) in [4.78, 5) is 36.2. The van der Waals surface area contributed by atoms with Crippen molar-refractivity contribution in [3.05, 3.63) is 64.7 Å². The predicted octanol–water partition coefficient (Wildman–Crippen LogP) is 2.21. The number of benzene rings is 2. The molecule has 1 aliphatic heterocycles. The highest BCUT2D eigenvalue weighted by atomic mass is 16.5. The number of fused-ring (bicyclic) bond motifs is 1. The number of carbonyl (C=O) groups is 1. The van der Waals surface area contributed by atoms with Crippen molar-refractivity contribution < 1.29 is 9.53 Å². The number of aromatic nitrogens is 2. The van der Waals surface area contributed by atoms with Gasteiger partial charge in [0.2, 0.25) is 5.91 Å². The second kappa shape index (κ2) is 8.34. The normalized spacial score (nSPS) is 14.2. The van der Waals surface area contributed by atoms with E-state index in [-0.39, 0.29) is 11.5 Å². The standard InChI is InChI=1S/C22H24N4O3/c1-29-17-6-4-5-16(15-17)25-11-13-26(14-12-25)21(27)10-9-20-23-19-8-3-2-7-18(19)22(28)24-20/h2-8,15H,9-14H2,1H3,(H,23,24,28). The molecule has 1 saturated heterocycles. The predicted molar refractivity (Wildman–Crippen MR) is 112 cm³/mol. The minimum absolute atomic E-state index is 0.0890. The van der Waals surface area contributed by atoms with Crippen LogP contribution in [0, 0.1) is 0 Å². The first-order chi connectivity index (χ1) is 14.1. The van der Waals surface area contributed by atoms with Crippen molar-refractivity contribution in [1.82, 2.24) is 14.9 Å². The molecule has 1 fully saturated rings. The minimum atomic E-state index is -0.162. The Balaban J connectivity index is 1.34. The highest BCUT2D eigenvalue weighted by Crippen LogP contribution is 2.22. The third-order valence-electron chi connectivity index (χ3n) is 5.29. The number of hydrogen-bond donors (Lipinski definition) is 1. The van der Waals surface area contributed by atoms with Crippen molar-refractivity contribution in [3.8, 4) is 5.75 Å². The molecule has 0 aliphatic carbocycles. The lowest BCUT2D eigenvalue weighted by Gasteiger charge is -2.36. The Hall–Kier alpha value is -3.35. The molecular weight excluding hydrogens is 368 g/mol. The first-order valence-electron chi connectivity index (χ1n) is 9.79. The molecule has 1 N–H and O–H groups in total. The Morgan fingerprint density at radius 1 is 1.10 bits per heavy atom. The number of aryl methyl sites for hydroxylation is 1. The summed E-state index contributed by atoms with van der Waals surface area (Å²) < 4.78 is 5.29. The molecule has 7 heteroatoms. The van der Waals surface area contributed by atoms with E-state index < -0.39 is 0 Å². The largest absolute Gasteiger partial charge is 0.497 e. The molecule has 0 atom stereocenters. The molecule has 150 valence electrons. The smallest absolute Gasteiger partial charge is 0.258 e. The summed E-state index contributed by atoms with van der Waals surface area (Å²) in [5.74, 6) is 1.47. The van der Waals surface area contributed by atoms with Crippen LogP contribution in [0.4, 0.5) is 5.69 Å². The number of amides is 1.